The summed E-state index contributed by atoms with van der Waals surface area (Å²) in [6.45, 7) is 5.91. The number of nitrogens with zero attached hydrogens (tertiary/aromatic N) is 1. The van der Waals surface area contributed by atoms with Gasteiger partial charge in [0.1, 0.15) is 11.0 Å². The largest absolute Gasteiger partial charge is 0.245 e. The second kappa shape index (κ2) is 4.61. The van der Waals surface area contributed by atoms with Gasteiger partial charge in [0.25, 0.3) is 0 Å². The molecule has 2 aliphatic rings. The van der Waals surface area contributed by atoms with Crippen molar-refractivity contribution >= 4 is 22.9 Å². The Morgan fingerprint density at radius 3 is 2.74 bits per heavy atom. The fourth-order valence-corrected chi connectivity index (χ4v) is 3.11. The smallest absolute Gasteiger partial charge is 0.134 e. The van der Waals surface area contributed by atoms with E-state index in [0.29, 0.717) is 17.1 Å². The van der Waals surface area contributed by atoms with E-state index < -0.39 is 0 Å². The monoisotopic (exact) mass is 275 g/mol. The quantitative estimate of drug-likeness (QED) is 0.523. The third-order valence-corrected chi connectivity index (χ3v) is 4.12. The Morgan fingerprint density at radius 2 is 2.05 bits per heavy atom. The number of hydrogen-bond acceptors (Lipinski definition) is 1. The third-order valence-electron chi connectivity index (χ3n) is 3.80. The summed E-state index contributed by atoms with van der Waals surface area (Å²) in [6.07, 6.45) is 3.03. The zero-order valence-corrected chi connectivity index (χ0v) is 11.6. The minimum absolute atomic E-state index is 0.122. The summed E-state index contributed by atoms with van der Waals surface area (Å²) in [5.74, 6) is -0.122. The molecule has 1 heterocycles. The van der Waals surface area contributed by atoms with Gasteiger partial charge in [0.2, 0.25) is 0 Å². The highest BCUT2D eigenvalue weighted by molar-refractivity contribution is 6.34. The van der Waals surface area contributed by atoms with Crippen LogP contribution in [0.4, 0.5) is 4.39 Å². The summed E-state index contributed by atoms with van der Waals surface area (Å²) >= 11 is 6.10. The second-order valence-electron chi connectivity index (χ2n) is 5.28. The van der Waals surface area contributed by atoms with E-state index in [-0.39, 0.29) is 5.82 Å². The van der Waals surface area contributed by atoms with Gasteiger partial charge in [-0.25, -0.2) is 9.38 Å². The van der Waals surface area contributed by atoms with Crippen molar-refractivity contribution in [2.24, 2.45) is 4.99 Å². The van der Waals surface area contributed by atoms with Crippen LogP contribution in [0.3, 0.4) is 0 Å². The topological polar surface area (TPSA) is 12.4 Å². The van der Waals surface area contributed by atoms with Crippen molar-refractivity contribution in [3.8, 4) is 0 Å². The van der Waals surface area contributed by atoms with Crippen LogP contribution in [0.5, 0.6) is 0 Å². The summed E-state index contributed by atoms with van der Waals surface area (Å²) in [4.78, 5) is 4.19. The van der Waals surface area contributed by atoms with Crippen molar-refractivity contribution in [2.75, 3.05) is 0 Å². The molecule has 0 unspecified atom stereocenters. The lowest BCUT2D eigenvalue weighted by Crippen LogP contribution is -2.09. The van der Waals surface area contributed by atoms with E-state index in [4.69, 9.17) is 11.6 Å². The molecule has 0 atom stereocenters. The predicted molar refractivity (Wildman–Crippen MR) is 78.1 cm³/mol. The van der Waals surface area contributed by atoms with Gasteiger partial charge in [-0.2, -0.15) is 0 Å². The zero-order valence-electron chi connectivity index (χ0n) is 10.9. The number of fused-ring (bicyclic) bond motifs is 1. The molecule has 3 rings (SSSR count). The number of halogens is 2. The third kappa shape index (κ3) is 2.14. The number of rotatable bonds is 1. The molecule has 0 bridgehead atoms. The van der Waals surface area contributed by atoms with Crippen molar-refractivity contribution in [3.63, 3.8) is 0 Å². The molecule has 3 heteroatoms. The lowest BCUT2D eigenvalue weighted by Gasteiger charge is -2.20. The fraction of sp³-hybridized carbons (Fsp3) is 0.312. The van der Waals surface area contributed by atoms with Crippen molar-refractivity contribution in [1.82, 2.24) is 0 Å². The highest BCUT2D eigenvalue weighted by Crippen LogP contribution is 2.36. The van der Waals surface area contributed by atoms with E-state index in [9.17, 15) is 4.39 Å². The maximum atomic E-state index is 14.7. The molecule has 19 heavy (non-hydrogen) atoms. The van der Waals surface area contributed by atoms with Crippen LogP contribution in [-0.4, -0.2) is 5.71 Å². The standard InChI is InChI=1S/C16H15ClFN/c1-9-3-5-12-11(7-9)4-6-13(15(12)18)14-8-10(2)19-16(14)17/h4,6H,1,3,5,7-8H2,2H3. The highest BCUT2D eigenvalue weighted by Gasteiger charge is 2.23. The van der Waals surface area contributed by atoms with Crippen LogP contribution < -0.4 is 0 Å². The minimum Gasteiger partial charge on any atom is -0.245 e. The van der Waals surface area contributed by atoms with E-state index >= 15 is 0 Å². The first-order valence-corrected chi connectivity index (χ1v) is 6.84. The Morgan fingerprint density at radius 1 is 1.26 bits per heavy atom. The molecule has 0 spiro atoms. The summed E-state index contributed by atoms with van der Waals surface area (Å²) in [5, 5.41) is 0.427. The van der Waals surface area contributed by atoms with Crippen LogP contribution in [0, 0.1) is 5.82 Å². The van der Waals surface area contributed by atoms with Gasteiger partial charge in [0.15, 0.2) is 0 Å². The molecule has 0 fully saturated rings. The normalized spacial score (nSPS) is 18.7. The molecule has 1 nitrogen and oxygen atoms in total. The van der Waals surface area contributed by atoms with Crippen LogP contribution in [0.25, 0.3) is 5.57 Å². The molecule has 0 amide bonds. The summed E-state index contributed by atoms with van der Waals surface area (Å²) < 4.78 is 14.7. The van der Waals surface area contributed by atoms with Gasteiger partial charge in [-0.3, -0.25) is 0 Å². The number of hydrogen-bond donors (Lipinski definition) is 0. The average Bonchev–Trinajstić information content (AvgIpc) is 2.68. The average molecular weight is 276 g/mol. The molecule has 1 aromatic rings. The molecule has 0 saturated heterocycles. The van der Waals surface area contributed by atoms with Gasteiger partial charge in [-0.15, -0.1) is 0 Å². The summed E-state index contributed by atoms with van der Waals surface area (Å²) in [5.41, 5.74) is 5.42. The first-order chi connectivity index (χ1) is 9.06. The van der Waals surface area contributed by atoms with Gasteiger partial charge >= 0.3 is 0 Å². The van der Waals surface area contributed by atoms with Gasteiger partial charge < -0.3 is 0 Å². The predicted octanol–water partition coefficient (Wildman–Crippen LogP) is 4.64. The van der Waals surface area contributed by atoms with Crippen molar-refractivity contribution in [3.05, 3.63) is 51.9 Å². The van der Waals surface area contributed by atoms with Gasteiger partial charge in [0, 0.05) is 23.3 Å². The van der Waals surface area contributed by atoms with Crippen molar-refractivity contribution in [1.29, 1.82) is 0 Å². The molecule has 98 valence electrons. The molecule has 0 radical (unpaired) electrons. The van der Waals surface area contributed by atoms with E-state index in [1.165, 1.54) is 5.57 Å². The Hall–Kier alpha value is -1.41. The fourth-order valence-electron chi connectivity index (χ4n) is 2.80. The van der Waals surface area contributed by atoms with Crippen LogP contribution in [0.1, 0.15) is 36.5 Å². The Bertz CT molecular complexity index is 640. The molecule has 0 N–H and O–H groups in total. The molecule has 1 aromatic carbocycles. The van der Waals surface area contributed by atoms with Gasteiger partial charge in [-0.1, -0.05) is 35.9 Å². The maximum Gasteiger partial charge on any atom is 0.134 e. The molecular formula is C16H15ClFN. The first kappa shape index (κ1) is 12.6. The van der Waals surface area contributed by atoms with E-state index in [1.807, 2.05) is 19.1 Å². The SMILES string of the molecule is C=C1CCc2c(ccc(C3=C(Cl)N=C(C)C3)c2F)C1. The van der Waals surface area contributed by atoms with Gasteiger partial charge in [0.05, 0.1) is 0 Å². The molecule has 1 aliphatic heterocycles. The molecular weight excluding hydrogens is 261 g/mol. The van der Waals surface area contributed by atoms with Crippen molar-refractivity contribution in [2.45, 2.75) is 32.6 Å². The number of aliphatic imine (C=N–C) groups is 1. The van der Waals surface area contributed by atoms with E-state index in [2.05, 4.69) is 11.6 Å². The first-order valence-electron chi connectivity index (χ1n) is 6.46. The Labute approximate surface area is 117 Å². The molecule has 1 aliphatic carbocycles. The number of allylic oxidation sites excluding steroid dienone is 2. The minimum atomic E-state index is -0.122. The molecule has 0 aromatic heterocycles. The van der Waals surface area contributed by atoms with Gasteiger partial charge in [-0.05, 0) is 37.3 Å². The Kier molecular flexibility index (Phi) is 3.06. The lowest BCUT2D eigenvalue weighted by atomic mass is 9.86. The van der Waals surface area contributed by atoms with Crippen molar-refractivity contribution < 1.29 is 4.39 Å². The molecule has 0 saturated carbocycles. The highest BCUT2D eigenvalue weighted by atomic mass is 35.5. The van der Waals surface area contributed by atoms with Crippen LogP contribution >= 0.6 is 11.6 Å². The van der Waals surface area contributed by atoms with E-state index in [0.717, 1.165) is 41.7 Å². The number of benzene rings is 1. The van der Waals surface area contributed by atoms with Crippen LogP contribution in [0.2, 0.25) is 0 Å². The lowest BCUT2D eigenvalue weighted by molar-refractivity contribution is 0.595. The van der Waals surface area contributed by atoms with Crippen LogP contribution in [-0.2, 0) is 12.8 Å². The van der Waals surface area contributed by atoms with E-state index in [1.54, 1.807) is 0 Å². The Balaban J connectivity index is 2.06. The maximum absolute atomic E-state index is 14.7. The zero-order chi connectivity index (χ0) is 13.6. The van der Waals surface area contributed by atoms with Crippen LogP contribution in [0.15, 0.2) is 34.4 Å². The summed E-state index contributed by atoms with van der Waals surface area (Å²) in [7, 11) is 0. The second-order valence-corrected chi connectivity index (χ2v) is 5.64. The summed E-state index contributed by atoms with van der Waals surface area (Å²) in [6, 6.07) is 3.83.